The summed E-state index contributed by atoms with van der Waals surface area (Å²) < 4.78 is 9.94. The van der Waals surface area contributed by atoms with Gasteiger partial charge in [-0.05, 0) is 53.2 Å². The Hall–Kier alpha value is -1.36. The Morgan fingerprint density at radius 2 is 1.62 bits per heavy atom. The molecule has 0 heterocycles. The lowest BCUT2D eigenvalue weighted by Gasteiger charge is -2.18. The van der Waals surface area contributed by atoms with E-state index in [-0.39, 0.29) is 19.1 Å². The second-order valence-electron chi connectivity index (χ2n) is 5.21. The van der Waals surface area contributed by atoms with Gasteiger partial charge in [0.1, 0.15) is 0 Å². The van der Waals surface area contributed by atoms with Crippen molar-refractivity contribution in [3.05, 3.63) is 12.2 Å². The molecular weight excluding hydrogens is 270 g/mol. The highest BCUT2D eigenvalue weighted by Crippen LogP contribution is 2.18. The smallest absolute Gasteiger partial charge is 0.320 e. The molecule has 0 fully saturated rings. The summed E-state index contributed by atoms with van der Waals surface area (Å²) in [4.78, 5) is 26.0. The molecular formula is C16H29NO4. The third-order valence-electron chi connectivity index (χ3n) is 3.02. The number of rotatable bonds is 10. The Labute approximate surface area is 128 Å². The molecule has 0 aliphatic heterocycles. The van der Waals surface area contributed by atoms with E-state index in [0.717, 1.165) is 19.4 Å². The number of unbranched alkanes of at least 4 members (excludes halogenated alkanes) is 1. The molecule has 0 amide bonds. The molecule has 0 aromatic rings. The largest absolute Gasteiger partial charge is 0.465 e. The quantitative estimate of drug-likeness (QED) is 0.268. The zero-order valence-corrected chi connectivity index (χ0v) is 13.9. The first-order valence-corrected chi connectivity index (χ1v) is 7.58. The van der Waals surface area contributed by atoms with Crippen molar-refractivity contribution < 1.29 is 19.1 Å². The normalized spacial score (nSPS) is 12.9. The topological polar surface area (TPSA) is 55.8 Å². The minimum Gasteiger partial charge on any atom is -0.465 e. The lowest BCUT2D eigenvalue weighted by Crippen LogP contribution is -2.32. The van der Waals surface area contributed by atoms with Crippen molar-refractivity contribution in [3.8, 4) is 0 Å². The van der Waals surface area contributed by atoms with Crippen molar-refractivity contribution in [1.29, 1.82) is 0 Å². The summed E-state index contributed by atoms with van der Waals surface area (Å²) in [5, 5.41) is 0. The summed E-state index contributed by atoms with van der Waals surface area (Å²) in [6, 6.07) is 0. The second-order valence-corrected chi connectivity index (χ2v) is 5.21. The van der Waals surface area contributed by atoms with Gasteiger partial charge in [0.2, 0.25) is 0 Å². The summed E-state index contributed by atoms with van der Waals surface area (Å²) in [5.74, 6) is -2.14. The summed E-state index contributed by atoms with van der Waals surface area (Å²) in [5.41, 5.74) is 0. The van der Waals surface area contributed by atoms with Gasteiger partial charge in [-0.3, -0.25) is 9.59 Å². The molecule has 0 aromatic carbocycles. The van der Waals surface area contributed by atoms with Gasteiger partial charge in [-0.15, -0.1) is 0 Å². The maximum atomic E-state index is 11.9. The average Bonchev–Trinajstić information content (AvgIpc) is 2.38. The van der Waals surface area contributed by atoms with Crippen molar-refractivity contribution in [1.82, 2.24) is 4.90 Å². The van der Waals surface area contributed by atoms with Crippen LogP contribution in [-0.4, -0.2) is 50.7 Å². The predicted octanol–water partition coefficient (Wildman–Crippen LogP) is 2.26. The minimum atomic E-state index is -0.880. The second kappa shape index (κ2) is 11.3. The Bertz CT molecular complexity index is 321. The zero-order valence-electron chi connectivity index (χ0n) is 13.9. The van der Waals surface area contributed by atoms with Gasteiger partial charge in [0.25, 0.3) is 0 Å². The van der Waals surface area contributed by atoms with E-state index in [9.17, 15) is 9.59 Å². The van der Waals surface area contributed by atoms with Gasteiger partial charge in [0.05, 0.1) is 13.2 Å². The SMILES string of the molecule is CCOC(=O)C(C(=O)OCC)C(C)/C=C/CCCN(C)C. The van der Waals surface area contributed by atoms with Gasteiger partial charge in [0, 0.05) is 0 Å². The van der Waals surface area contributed by atoms with Crippen LogP contribution < -0.4 is 0 Å². The van der Waals surface area contributed by atoms with Gasteiger partial charge in [0.15, 0.2) is 5.92 Å². The predicted molar refractivity (Wildman–Crippen MR) is 82.8 cm³/mol. The fraction of sp³-hybridized carbons (Fsp3) is 0.750. The van der Waals surface area contributed by atoms with Crippen molar-refractivity contribution in [2.75, 3.05) is 33.9 Å². The number of allylic oxidation sites excluding steroid dienone is 2. The van der Waals surface area contributed by atoms with E-state index in [1.165, 1.54) is 0 Å². The van der Waals surface area contributed by atoms with Crippen LogP contribution in [0.1, 0.15) is 33.6 Å². The van der Waals surface area contributed by atoms with Crippen LogP contribution >= 0.6 is 0 Å². The molecule has 21 heavy (non-hydrogen) atoms. The molecule has 1 unspecified atom stereocenters. The molecule has 0 radical (unpaired) electrons. The van der Waals surface area contributed by atoms with Gasteiger partial charge in [-0.1, -0.05) is 19.1 Å². The lowest BCUT2D eigenvalue weighted by molar-refractivity contribution is -0.163. The molecule has 0 saturated carbocycles. The third-order valence-corrected chi connectivity index (χ3v) is 3.02. The first-order chi connectivity index (χ1) is 9.93. The van der Waals surface area contributed by atoms with Crippen LogP contribution in [0.4, 0.5) is 0 Å². The number of ether oxygens (including phenoxy) is 2. The van der Waals surface area contributed by atoms with E-state index in [4.69, 9.17) is 9.47 Å². The third kappa shape index (κ3) is 8.50. The molecule has 122 valence electrons. The maximum Gasteiger partial charge on any atom is 0.320 e. The fourth-order valence-electron chi connectivity index (χ4n) is 1.94. The number of carbonyl (C=O) groups is 2. The highest BCUT2D eigenvalue weighted by Gasteiger charge is 2.33. The van der Waals surface area contributed by atoms with Gasteiger partial charge in [-0.2, -0.15) is 0 Å². The molecule has 5 nitrogen and oxygen atoms in total. The molecule has 0 aliphatic carbocycles. The molecule has 0 saturated heterocycles. The van der Waals surface area contributed by atoms with Crippen LogP contribution in [0, 0.1) is 11.8 Å². The average molecular weight is 299 g/mol. The summed E-state index contributed by atoms with van der Waals surface area (Å²) in [6.07, 6.45) is 5.87. The van der Waals surface area contributed by atoms with E-state index in [0.29, 0.717) is 0 Å². The van der Waals surface area contributed by atoms with Crippen LogP contribution in [0.5, 0.6) is 0 Å². The molecule has 5 heteroatoms. The lowest BCUT2D eigenvalue weighted by atomic mass is 9.93. The van der Waals surface area contributed by atoms with Crippen LogP contribution in [0.2, 0.25) is 0 Å². The highest BCUT2D eigenvalue weighted by molar-refractivity contribution is 5.95. The van der Waals surface area contributed by atoms with Gasteiger partial charge < -0.3 is 14.4 Å². The first-order valence-electron chi connectivity index (χ1n) is 7.58. The van der Waals surface area contributed by atoms with E-state index in [2.05, 4.69) is 4.90 Å². The van der Waals surface area contributed by atoms with E-state index >= 15 is 0 Å². The molecule has 1 atom stereocenters. The number of nitrogens with zero attached hydrogens (tertiary/aromatic N) is 1. The van der Waals surface area contributed by atoms with Crippen molar-refractivity contribution in [3.63, 3.8) is 0 Å². The van der Waals surface area contributed by atoms with Crippen molar-refractivity contribution in [2.45, 2.75) is 33.6 Å². The molecule has 0 aliphatic rings. The van der Waals surface area contributed by atoms with Crippen molar-refractivity contribution >= 4 is 11.9 Å². The molecule has 0 spiro atoms. The number of esters is 2. The zero-order chi connectivity index (χ0) is 16.3. The van der Waals surface area contributed by atoms with Crippen LogP contribution in [0.15, 0.2) is 12.2 Å². The Morgan fingerprint density at radius 3 is 2.05 bits per heavy atom. The van der Waals surface area contributed by atoms with Crippen LogP contribution in [0.3, 0.4) is 0 Å². The van der Waals surface area contributed by atoms with Crippen molar-refractivity contribution in [2.24, 2.45) is 11.8 Å². The minimum absolute atomic E-state index is 0.234. The molecule has 0 bridgehead atoms. The molecule has 0 aromatic heterocycles. The van der Waals surface area contributed by atoms with Crippen LogP contribution in [-0.2, 0) is 19.1 Å². The highest BCUT2D eigenvalue weighted by atomic mass is 16.6. The fourth-order valence-corrected chi connectivity index (χ4v) is 1.94. The van der Waals surface area contributed by atoms with Gasteiger partial charge in [-0.25, -0.2) is 0 Å². The Kier molecular flexibility index (Phi) is 10.6. The van der Waals surface area contributed by atoms with E-state index in [1.807, 2.05) is 33.2 Å². The van der Waals surface area contributed by atoms with E-state index < -0.39 is 17.9 Å². The monoisotopic (exact) mass is 299 g/mol. The molecule has 0 rings (SSSR count). The Balaban J connectivity index is 4.56. The Morgan fingerprint density at radius 1 is 1.10 bits per heavy atom. The number of carbonyl (C=O) groups excluding carboxylic acids is 2. The standard InChI is InChI=1S/C16H29NO4/c1-6-20-15(18)14(16(19)21-7-2)13(3)11-9-8-10-12-17(4)5/h9,11,13-14H,6-8,10,12H2,1-5H3/b11-9+. The van der Waals surface area contributed by atoms with E-state index in [1.54, 1.807) is 13.8 Å². The van der Waals surface area contributed by atoms with Crippen LogP contribution in [0.25, 0.3) is 0 Å². The molecule has 0 N–H and O–H groups in total. The summed E-state index contributed by atoms with van der Waals surface area (Å²) in [7, 11) is 4.06. The van der Waals surface area contributed by atoms with Gasteiger partial charge >= 0.3 is 11.9 Å². The summed E-state index contributed by atoms with van der Waals surface area (Å²) >= 11 is 0. The summed E-state index contributed by atoms with van der Waals surface area (Å²) in [6.45, 7) is 6.81. The number of hydrogen-bond acceptors (Lipinski definition) is 5. The first kappa shape index (κ1) is 19.6. The maximum absolute atomic E-state index is 11.9. The number of hydrogen-bond donors (Lipinski definition) is 0.